The van der Waals surface area contributed by atoms with Crippen LogP contribution >= 0.6 is 56.9 Å². The van der Waals surface area contributed by atoms with Gasteiger partial charge in [-0.05, 0) is 82.1 Å². The smallest absolute Gasteiger partial charge is 0.326 e. The third-order valence-electron chi connectivity index (χ3n) is 2.81. The van der Waals surface area contributed by atoms with Crippen molar-refractivity contribution < 1.29 is 24.2 Å². The number of thioether (sulfide) groups is 1. The minimum Gasteiger partial charge on any atom is -0.506 e. The zero-order valence-electron chi connectivity index (χ0n) is 11.8. The standard InChI is InChI=1S/C14H11I2NO5S/c1-2-22-11(18)6-17-13(20)10(23-14(17)21)4-7-3-8(15)5-9(16)12(7)19/h3-5,19H,2,6H2,1H3/b10-4+. The molecule has 1 fully saturated rings. The van der Waals surface area contributed by atoms with E-state index in [9.17, 15) is 19.5 Å². The van der Waals surface area contributed by atoms with Crippen molar-refractivity contribution in [2.75, 3.05) is 13.2 Å². The Kier molecular flexibility index (Phi) is 6.31. The number of carbonyl (C=O) groups is 3. The molecule has 122 valence electrons. The van der Waals surface area contributed by atoms with Crippen LogP contribution in [0.1, 0.15) is 12.5 Å². The summed E-state index contributed by atoms with van der Waals surface area (Å²) < 4.78 is 6.28. The maximum Gasteiger partial charge on any atom is 0.326 e. The first-order valence-corrected chi connectivity index (χ1v) is 9.40. The largest absolute Gasteiger partial charge is 0.506 e. The summed E-state index contributed by atoms with van der Waals surface area (Å²) in [4.78, 5) is 36.6. The number of rotatable bonds is 4. The third kappa shape index (κ3) is 4.38. The number of imide groups is 1. The molecule has 0 unspecified atom stereocenters. The van der Waals surface area contributed by atoms with E-state index in [-0.39, 0.29) is 17.3 Å². The number of esters is 1. The predicted molar refractivity (Wildman–Crippen MR) is 103 cm³/mol. The highest BCUT2D eigenvalue weighted by molar-refractivity contribution is 14.1. The van der Waals surface area contributed by atoms with Gasteiger partial charge >= 0.3 is 5.97 Å². The van der Waals surface area contributed by atoms with Gasteiger partial charge in [0.1, 0.15) is 12.3 Å². The molecule has 1 aromatic rings. The first-order chi connectivity index (χ1) is 10.8. The molecule has 0 aliphatic carbocycles. The maximum atomic E-state index is 12.3. The molecular weight excluding hydrogens is 548 g/mol. The minimum absolute atomic E-state index is 0.0446. The highest BCUT2D eigenvalue weighted by Crippen LogP contribution is 2.35. The average Bonchev–Trinajstić information content (AvgIpc) is 2.72. The van der Waals surface area contributed by atoms with Crippen LogP contribution in [0.2, 0.25) is 0 Å². The van der Waals surface area contributed by atoms with Crippen molar-refractivity contribution in [2.45, 2.75) is 6.92 Å². The lowest BCUT2D eigenvalue weighted by Crippen LogP contribution is -2.34. The second-order valence-electron chi connectivity index (χ2n) is 4.40. The number of phenolic OH excluding ortho intramolecular Hbond substituents is 1. The molecule has 2 amide bonds. The molecule has 0 spiro atoms. The Morgan fingerprint density at radius 1 is 1.39 bits per heavy atom. The summed E-state index contributed by atoms with van der Waals surface area (Å²) in [5, 5.41) is 9.53. The van der Waals surface area contributed by atoms with Crippen LogP contribution in [0.3, 0.4) is 0 Å². The van der Waals surface area contributed by atoms with E-state index in [4.69, 9.17) is 4.74 Å². The summed E-state index contributed by atoms with van der Waals surface area (Å²) in [5.41, 5.74) is 0.447. The fourth-order valence-electron chi connectivity index (χ4n) is 1.81. The number of halogens is 2. The van der Waals surface area contributed by atoms with Crippen LogP contribution < -0.4 is 0 Å². The Morgan fingerprint density at radius 2 is 2.09 bits per heavy atom. The normalized spacial score (nSPS) is 16.3. The number of nitrogens with zero attached hydrogens (tertiary/aromatic N) is 1. The second-order valence-corrected chi connectivity index (χ2v) is 7.80. The van der Waals surface area contributed by atoms with Gasteiger partial charge in [0.05, 0.1) is 15.1 Å². The number of amides is 2. The van der Waals surface area contributed by atoms with Crippen LogP contribution in [-0.4, -0.2) is 40.3 Å². The summed E-state index contributed by atoms with van der Waals surface area (Å²) in [5.74, 6) is -1.16. The Labute approximate surface area is 163 Å². The Balaban J connectivity index is 2.27. The summed E-state index contributed by atoms with van der Waals surface area (Å²) in [6, 6.07) is 3.50. The van der Waals surface area contributed by atoms with Crippen molar-refractivity contribution in [3.05, 3.63) is 29.7 Å². The molecule has 1 aromatic carbocycles. The fourth-order valence-corrected chi connectivity index (χ4v) is 4.53. The molecule has 0 atom stereocenters. The zero-order valence-corrected chi connectivity index (χ0v) is 17.0. The third-order valence-corrected chi connectivity index (χ3v) is 5.16. The highest BCUT2D eigenvalue weighted by atomic mass is 127. The highest BCUT2D eigenvalue weighted by Gasteiger charge is 2.36. The Bertz CT molecular complexity index is 719. The van der Waals surface area contributed by atoms with Crippen molar-refractivity contribution in [1.82, 2.24) is 4.90 Å². The van der Waals surface area contributed by atoms with Gasteiger partial charge in [0.2, 0.25) is 0 Å². The first-order valence-electron chi connectivity index (χ1n) is 6.42. The topological polar surface area (TPSA) is 83.9 Å². The summed E-state index contributed by atoms with van der Waals surface area (Å²) in [7, 11) is 0. The van der Waals surface area contributed by atoms with Crippen LogP contribution in [0.25, 0.3) is 6.08 Å². The van der Waals surface area contributed by atoms with Crippen molar-refractivity contribution >= 4 is 80.1 Å². The van der Waals surface area contributed by atoms with Gasteiger partial charge in [-0.1, -0.05) is 0 Å². The predicted octanol–water partition coefficient (Wildman–Crippen LogP) is 3.20. The molecule has 0 saturated carbocycles. The molecule has 0 bridgehead atoms. The van der Waals surface area contributed by atoms with Gasteiger partial charge in [-0.15, -0.1) is 0 Å². The van der Waals surface area contributed by atoms with Gasteiger partial charge in [0.15, 0.2) is 0 Å². The number of ether oxygens (including phenoxy) is 1. The summed E-state index contributed by atoms with van der Waals surface area (Å²) in [6.45, 7) is 1.42. The number of aromatic hydroxyl groups is 1. The molecule has 1 aliphatic heterocycles. The average molecular weight is 559 g/mol. The van der Waals surface area contributed by atoms with Gasteiger partial charge in [-0.3, -0.25) is 19.3 Å². The van der Waals surface area contributed by atoms with Crippen LogP contribution in [0, 0.1) is 7.14 Å². The molecule has 0 radical (unpaired) electrons. The summed E-state index contributed by atoms with van der Waals surface area (Å²) in [6.07, 6.45) is 1.45. The van der Waals surface area contributed by atoms with Crippen LogP contribution in [0.5, 0.6) is 5.75 Å². The van der Waals surface area contributed by atoms with Crippen molar-refractivity contribution in [3.8, 4) is 5.75 Å². The quantitative estimate of drug-likeness (QED) is 0.347. The number of carbonyl (C=O) groups excluding carboxylic acids is 3. The van der Waals surface area contributed by atoms with E-state index in [1.54, 1.807) is 19.1 Å². The SMILES string of the molecule is CCOC(=O)CN1C(=O)S/C(=C/c2cc(I)cc(I)c2O)C1=O. The molecule has 1 heterocycles. The van der Waals surface area contributed by atoms with Gasteiger partial charge in [-0.2, -0.15) is 0 Å². The lowest BCUT2D eigenvalue weighted by molar-refractivity contribution is -0.145. The van der Waals surface area contributed by atoms with E-state index in [0.717, 1.165) is 20.2 Å². The molecule has 23 heavy (non-hydrogen) atoms. The molecule has 0 aromatic heterocycles. The van der Waals surface area contributed by atoms with Crippen molar-refractivity contribution in [3.63, 3.8) is 0 Å². The van der Waals surface area contributed by atoms with Gasteiger partial charge in [-0.25, -0.2) is 0 Å². The molecule has 9 heteroatoms. The van der Waals surface area contributed by atoms with E-state index in [0.29, 0.717) is 9.13 Å². The van der Waals surface area contributed by atoms with E-state index in [1.165, 1.54) is 6.08 Å². The van der Waals surface area contributed by atoms with Crippen molar-refractivity contribution in [2.24, 2.45) is 0 Å². The Hall–Kier alpha value is -0.820. The number of hydrogen-bond donors (Lipinski definition) is 1. The van der Waals surface area contributed by atoms with Crippen LogP contribution in [-0.2, 0) is 14.3 Å². The molecule has 1 N–H and O–H groups in total. The van der Waals surface area contributed by atoms with Crippen molar-refractivity contribution in [1.29, 1.82) is 0 Å². The number of benzene rings is 1. The monoisotopic (exact) mass is 559 g/mol. The molecular formula is C14H11I2NO5S. The van der Waals surface area contributed by atoms with Gasteiger partial charge < -0.3 is 9.84 Å². The number of phenols is 1. The van der Waals surface area contributed by atoms with Gasteiger partial charge in [0.25, 0.3) is 11.1 Å². The summed E-state index contributed by atoms with van der Waals surface area (Å²) >= 11 is 4.82. The molecule has 1 aliphatic rings. The van der Waals surface area contributed by atoms with Gasteiger partial charge in [0, 0.05) is 9.13 Å². The molecule has 2 rings (SSSR count). The lowest BCUT2D eigenvalue weighted by atomic mass is 10.2. The van der Waals surface area contributed by atoms with E-state index < -0.39 is 23.7 Å². The fraction of sp³-hybridized carbons (Fsp3) is 0.214. The Morgan fingerprint density at radius 3 is 2.74 bits per heavy atom. The van der Waals surface area contributed by atoms with E-state index in [1.807, 2.05) is 22.6 Å². The minimum atomic E-state index is -0.636. The van der Waals surface area contributed by atoms with Crippen LogP contribution in [0.15, 0.2) is 17.0 Å². The molecule has 1 saturated heterocycles. The second kappa shape index (κ2) is 7.83. The number of hydrogen-bond acceptors (Lipinski definition) is 6. The van der Waals surface area contributed by atoms with Crippen LogP contribution in [0.4, 0.5) is 4.79 Å². The van der Waals surface area contributed by atoms with E-state index in [2.05, 4.69) is 22.6 Å². The maximum absolute atomic E-state index is 12.3. The lowest BCUT2D eigenvalue weighted by Gasteiger charge is -2.10. The van der Waals surface area contributed by atoms with E-state index >= 15 is 0 Å². The first kappa shape index (κ1) is 18.5. The zero-order chi connectivity index (χ0) is 17.1. The molecule has 6 nitrogen and oxygen atoms in total.